The molecule has 1 fully saturated rings. The Labute approximate surface area is 131 Å². The lowest BCUT2D eigenvalue weighted by Gasteiger charge is -2.17. The molecule has 1 saturated carbocycles. The van der Waals surface area contributed by atoms with Crippen LogP contribution in [0.4, 0.5) is 0 Å². The van der Waals surface area contributed by atoms with Gasteiger partial charge in [0.2, 0.25) is 5.91 Å². The van der Waals surface area contributed by atoms with Crippen LogP contribution in [0.15, 0.2) is 23.1 Å². The number of thioether (sulfide) groups is 1. The summed E-state index contributed by atoms with van der Waals surface area (Å²) in [5.74, 6) is 1.50. The zero-order chi connectivity index (χ0) is 15.2. The Bertz CT molecular complexity index is 486. The molecule has 4 heteroatoms. The molecule has 0 radical (unpaired) electrons. The number of amides is 1. The van der Waals surface area contributed by atoms with Crippen LogP contribution in [-0.4, -0.2) is 29.4 Å². The highest BCUT2D eigenvalue weighted by Gasteiger charge is 2.31. The van der Waals surface area contributed by atoms with E-state index in [1.54, 1.807) is 11.8 Å². The maximum absolute atomic E-state index is 12.0. The van der Waals surface area contributed by atoms with Crippen LogP contribution in [0.3, 0.4) is 0 Å². The minimum atomic E-state index is 0.108. The molecule has 21 heavy (non-hydrogen) atoms. The van der Waals surface area contributed by atoms with Crippen molar-refractivity contribution in [1.29, 1.82) is 0 Å². The lowest BCUT2D eigenvalue weighted by atomic mass is 10.1. The van der Waals surface area contributed by atoms with E-state index < -0.39 is 0 Å². The van der Waals surface area contributed by atoms with Crippen molar-refractivity contribution in [3.05, 3.63) is 29.3 Å². The second-order valence-corrected chi connectivity index (χ2v) is 7.04. The highest BCUT2D eigenvalue weighted by atomic mass is 32.2. The summed E-state index contributed by atoms with van der Waals surface area (Å²) in [6.07, 6.45) is 3.58. The van der Waals surface area contributed by atoms with Crippen molar-refractivity contribution in [2.45, 2.75) is 50.5 Å². The van der Waals surface area contributed by atoms with Crippen molar-refractivity contribution >= 4 is 17.7 Å². The fourth-order valence-corrected chi connectivity index (χ4v) is 3.36. The fraction of sp³-hybridized carbons (Fsp3) is 0.588. The van der Waals surface area contributed by atoms with Crippen LogP contribution >= 0.6 is 11.8 Å². The molecule has 0 saturated heterocycles. The molecule has 0 heterocycles. The second-order valence-electron chi connectivity index (χ2n) is 5.87. The van der Waals surface area contributed by atoms with E-state index in [0.717, 1.165) is 5.75 Å². The first-order chi connectivity index (χ1) is 10.1. The fourth-order valence-electron chi connectivity index (χ4n) is 2.41. The molecular weight excluding hydrogens is 282 g/mol. The Kier molecular flexibility index (Phi) is 6.12. The van der Waals surface area contributed by atoms with Gasteiger partial charge in [-0.05, 0) is 62.3 Å². The van der Waals surface area contributed by atoms with Gasteiger partial charge in [0.05, 0.1) is 0 Å². The SMILES string of the molecule is Cc1ccc(SCCC(=O)NC(CCO)C2CC2)cc1C. The Morgan fingerprint density at radius 2 is 2.14 bits per heavy atom. The highest BCUT2D eigenvalue weighted by Crippen LogP contribution is 2.34. The van der Waals surface area contributed by atoms with E-state index in [4.69, 9.17) is 5.11 Å². The summed E-state index contributed by atoms with van der Waals surface area (Å²) in [5.41, 5.74) is 2.59. The Hall–Kier alpha value is -1.00. The maximum Gasteiger partial charge on any atom is 0.221 e. The lowest BCUT2D eigenvalue weighted by Crippen LogP contribution is -2.37. The highest BCUT2D eigenvalue weighted by molar-refractivity contribution is 7.99. The molecule has 1 amide bonds. The van der Waals surface area contributed by atoms with Crippen molar-refractivity contribution in [2.24, 2.45) is 5.92 Å². The molecule has 0 spiro atoms. The molecule has 2 N–H and O–H groups in total. The summed E-state index contributed by atoms with van der Waals surface area (Å²) >= 11 is 1.73. The summed E-state index contributed by atoms with van der Waals surface area (Å²) in [7, 11) is 0. The number of hydrogen-bond donors (Lipinski definition) is 2. The van der Waals surface area contributed by atoms with Gasteiger partial charge in [-0.2, -0.15) is 0 Å². The van der Waals surface area contributed by atoms with Gasteiger partial charge in [0.25, 0.3) is 0 Å². The van der Waals surface area contributed by atoms with Gasteiger partial charge in [-0.15, -0.1) is 11.8 Å². The first kappa shape index (κ1) is 16.4. The van der Waals surface area contributed by atoms with Crippen LogP contribution in [0.5, 0.6) is 0 Å². The van der Waals surface area contributed by atoms with Crippen LogP contribution in [0.1, 0.15) is 36.8 Å². The average Bonchev–Trinajstić information content (AvgIpc) is 3.27. The van der Waals surface area contributed by atoms with Gasteiger partial charge < -0.3 is 10.4 Å². The third-order valence-corrected chi connectivity index (χ3v) is 5.05. The molecule has 1 aromatic rings. The van der Waals surface area contributed by atoms with Crippen molar-refractivity contribution in [3.63, 3.8) is 0 Å². The molecule has 1 aliphatic carbocycles. The number of rotatable bonds is 8. The molecule has 1 aromatic carbocycles. The first-order valence-electron chi connectivity index (χ1n) is 7.70. The first-order valence-corrected chi connectivity index (χ1v) is 8.69. The number of hydrogen-bond acceptors (Lipinski definition) is 3. The van der Waals surface area contributed by atoms with Crippen molar-refractivity contribution in [1.82, 2.24) is 5.32 Å². The van der Waals surface area contributed by atoms with Crippen molar-refractivity contribution < 1.29 is 9.90 Å². The van der Waals surface area contributed by atoms with Crippen LogP contribution < -0.4 is 5.32 Å². The van der Waals surface area contributed by atoms with E-state index in [1.807, 2.05) is 0 Å². The smallest absolute Gasteiger partial charge is 0.221 e. The van der Waals surface area contributed by atoms with Crippen LogP contribution in [0.2, 0.25) is 0 Å². The quantitative estimate of drug-likeness (QED) is 0.726. The largest absolute Gasteiger partial charge is 0.396 e. The number of aryl methyl sites for hydroxylation is 2. The zero-order valence-corrected chi connectivity index (χ0v) is 13.7. The molecule has 1 unspecified atom stereocenters. The molecule has 116 valence electrons. The molecule has 3 nitrogen and oxygen atoms in total. The van der Waals surface area contributed by atoms with Gasteiger partial charge in [0.1, 0.15) is 0 Å². The summed E-state index contributed by atoms with van der Waals surface area (Å²) < 4.78 is 0. The summed E-state index contributed by atoms with van der Waals surface area (Å²) in [6.45, 7) is 4.37. The maximum atomic E-state index is 12.0. The molecule has 1 aliphatic rings. The number of aliphatic hydroxyl groups is 1. The van der Waals surface area contributed by atoms with E-state index in [0.29, 0.717) is 18.8 Å². The summed E-state index contributed by atoms with van der Waals surface area (Å²) in [6, 6.07) is 6.59. The number of benzene rings is 1. The van der Waals surface area contributed by atoms with Crippen molar-refractivity contribution in [2.75, 3.05) is 12.4 Å². The molecule has 0 bridgehead atoms. The lowest BCUT2D eigenvalue weighted by molar-refractivity contribution is -0.121. The van der Waals surface area contributed by atoms with Gasteiger partial charge in [-0.3, -0.25) is 4.79 Å². The average molecular weight is 307 g/mol. The molecule has 2 rings (SSSR count). The van der Waals surface area contributed by atoms with E-state index in [2.05, 4.69) is 37.4 Å². The van der Waals surface area contributed by atoms with Crippen LogP contribution in [-0.2, 0) is 4.79 Å². The number of aliphatic hydroxyl groups excluding tert-OH is 1. The molecule has 1 atom stereocenters. The molecule has 0 aromatic heterocycles. The molecular formula is C17H25NO2S. The number of carbonyl (C=O) groups excluding carboxylic acids is 1. The zero-order valence-electron chi connectivity index (χ0n) is 12.9. The second kappa shape index (κ2) is 7.85. The predicted octanol–water partition coefficient (Wildman–Crippen LogP) is 3.06. The third kappa shape index (κ3) is 5.36. The molecule has 0 aliphatic heterocycles. The van der Waals surface area contributed by atoms with Gasteiger partial charge in [0, 0.05) is 29.7 Å². The third-order valence-electron chi connectivity index (χ3n) is 4.05. The Morgan fingerprint density at radius 1 is 1.38 bits per heavy atom. The van der Waals surface area contributed by atoms with Gasteiger partial charge >= 0.3 is 0 Å². The van der Waals surface area contributed by atoms with E-state index in [9.17, 15) is 4.79 Å². The topological polar surface area (TPSA) is 49.3 Å². The summed E-state index contributed by atoms with van der Waals surface area (Å²) in [5, 5.41) is 12.1. The normalized spacial score (nSPS) is 15.8. The van der Waals surface area contributed by atoms with Crippen LogP contribution in [0, 0.1) is 19.8 Å². The van der Waals surface area contributed by atoms with E-state index in [1.165, 1.54) is 28.9 Å². The van der Waals surface area contributed by atoms with E-state index >= 15 is 0 Å². The standard InChI is InChI=1S/C17H25NO2S/c1-12-3-6-15(11-13(12)2)21-10-8-17(20)18-16(7-9-19)14-4-5-14/h3,6,11,14,16,19H,4-5,7-10H2,1-2H3,(H,18,20). The minimum Gasteiger partial charge on any atom is -0.396 e. The number of carbonyl (C=O) groups is 1. The summed E-state index contributed by atoms with van der Waals surface area (Å²) in [4.78, 5) is 13.2. The Morgan fingerprint density at radius 3 is 2.76 bits per heavy atom. The minimum absolute atomic E-state index is 0.108. The Balaban J connectivity index is 1.72. The number of nitrogens with one attached hydrogen (secondary N) is 1. The van der Waals surface area contributed by atoms with Crippen molar-refractivity contribution in [3.8, 4) is 0 Å². The van der Waals surface area contributed by atoms with Gasteiger partial charge in [-0.1, -0.05) is 6.07 Å². The van der Waals surface area contributed by atoms with Crippen LogP contribution in [0.25, 0.3) is 0 Å². The predicted molar refractivity (Wildman–Crippen MR) is 87.6 cm³/mol. The monoisotopic (exact) mass is 307 g/mol. The van der Waals surface area contributed by atoms with Gasteiger partial charge in [0.15, 0.2) is 0 Å². The van der Waals surface area contributed by atoms with Gasteiger partial charge in [-0.25, -0.2) is 0 Å². The van der Waals surface area contributed by atoms with E-state index in [-0.39, 0.29) is 18.6 Å².